The van der Waals surface area contributed by atoms with Crippen molar-refractivity contribution in [2.24, 2.45) is 5.73 Å². The molecule has 1 saturated carbocycles. The van der Waals surface area contributed by atoms with Gasteiger partial charge in [-0.3, -0.25) is 4.90 Å². The molecule has 0 aromatic heterocycles. The van der Waals surface area contributed by atoms with Gasteiger partial charge < -0.3 is 10.5 Å². The molecular weight excluding hydrogens is 268 g/mol. The van der Waals surface area contributed by atoms with Crippen molar-refractivity contribution in [3.05, 3.63) is 29.8 Å². The number of hydrogen-bond acceptors (Lipinski definition) is 3. The smallest absolute Gasteiger partial charge is 0.122 e. The zero-order valence-electron chi connectivity index (χ0n) is 11.8. The van der Waals surface area contributed by atoms with Crippen LogP contribution in [0.2, 0.25) is 0 Å². The van der Waals surface area contributed by atoms with Crippen LogP contribution in [0.4, 0.5) is 0 Å². The fourth-order valence-corrected chi connectivity index (χ4v) is 3.64. The molecule has 20 heavy (non-hydrogen) atoms. The number of nitrogens with zero attached hydrogens (tertiary/aromatic N) is 1. The number of para-hydroxylation sites is 1. The number of thiocarbonyl (C=S) groups is 1. The molecule has 4 heteroatoms. The molecule has 3 nitrogen and oxygen atoms in total. The molecule has 0 saturated heterocycles. The van der Waals surface area contributed by atoms with E-state index in [4.69, 9.17) is 22.7 Å². The third kappa shape index (κ3) is 2.96. The highest BCUT2D eigenvalue weighted by molar-refractivity contribution is 7.80. The quantitative estimate of drug-likeness (QED) is 0.846. The zero-order valence-corrected chi connectivity index (χ0v) is 12.6. The second-order valence-corrected chi connectivity index (χ2v) is 6.40. The monoisotopic (exact) mass is 290 g/mol. The fraction of sp³-hybridized carbons (Fsp3) is 0.562. The van der Waals surface area contributed by atoms with Crippen molar-refractivity contribution < 1.29 is 4.74 Å². The van der Waals surface area contributed by atoms with Gasteiger partial charge in [0.15, 0.2) is 0 Å². The van der Waals surface area contributed by atoms with Crippen molar-refractivity contribution in [3.63, 3.8) is 0 Å². The first-order chi connectivity index (χ1) is 9.74. The van der Waals surface area contributed by atoms with Crippen LogP contribution in [0.25, 0.3) is 0 Å². The maximum Gasteiger partial charge on any atom is 0.122 e. The Labute approximate surface area is 126 Å². The van der Waals surface area contributed by atoms with Crippen molar-refractivity contribution in [1.82, 2.24) is 4.90 Å². The summed E-state index contributed by atoms with van der Waals surface area (Å²) >= 11 is 5.13. The molecule has 1 aromatic carbocycles. The molecule has 1 aliphatic carbocycles. The van der Waals surface area contributed by atoms with Gasteiger partial charge in [-0.15, -0.1) is 0 Å². The molecule has 1 atom stereocenters. The summed E-state index contributed by atoms with van der Waals surface area (Å²) < 4.78 is 5.79. The number of fused-ring (bicyclic) bond motifs is 1. The maximum atomic E-state index is 5.79. The van der Waals surface area contributed by atoms with Crippen molar-refractivity contribution >= 4 is 17.2 Å². The van der Waals surface area contributed by atoms with E-state index in [1.165, 1.54) is 31.2 Å². The third-order valence-corrected chi connectivity index (χ3v) is 4.58. The van der Waals surface area contributed by atoms with Crippen LogP contribution in [-0.2, 0) is 0 Å². The van der Waals surface area contributed by atoms with Gasteiger partial charge in [0.25, 0.3) is 0 Å². The summed E-state index contributed by atoms with van der Waals surface area (Å²) in [5.74, 6) is 1.49. The minimum absolute atomic E-state index is 0.446. The molecule has 1 unspecified atom stereocenters. The van der Waals surface area contributed by atoms with Crippen LogP contribution in [0.3, 0.4) is 0 Å². The first-order valence-electron chi connectivity index (χ1n) is 7.48. The van der Waals surface area contributed by atoms with Gasteiger partial charge in [0.05, 0.1) is 11.6 Å². The molecule has 0 spiro atoms. The van der Waals surface area contributed by atoms with Gasteiger partial charge in [0.1, 0.15) is 5.75 Å². The molecule has 1 fully saturated rings. The number of benzene rings is 1. The van der Waals surface area contributed by atoms with Crippen LogP contribution >= 0.6 is 12.2 Å². The summed E-state index contributed by atoms with van der Waals surface area (Å²) in [7, 11) is 0. The van der Waals surface area contributed by atoms with Crippen molar-refractivity contribution in [2.75, 3.05) is 19.7 Å². The Morgan fingerprint density at radius 3 is 2.80 bits per heavy atom. The van der Waals surface area contributed by atoms with E-state index in [2.05, 4.69) is 23.1 Å². The van der Waals surface area contributed by atoms with E-state index in [0.29, 0.717) is 16.9 Å². The highest BCUT2D eigenvalue weighted by atomic mass is 32.1. The normalized spacial score (nSPS) is 21.9. The van der Waals surface area contributed by atoms with Crippen LogP contribution in [0, 0.1) is 0 Å². The number of rotatable bonds is 5. The van der Waals surface area contributed by atoms with E-state index in [1.807, 2.05) is 6.07 Å². The molecule has 2 aliphatic rings. The molecular formula is C16H22N2OS. The maximum absolute atomic E-state index is 5.79. The van der Waals surface area contributed by atoms with Crippen LogP contribution in [0.5, 0.6) is 5.75 Å². The molecule has 3 rings (SSSR count). The Morgan fingerprint density at radius 1 is 1.30 bits per heavy atom. The zero-order chi connectivity index (χ0) is 13.9. The van der Waals surface area contributed by atoms with Gasteiger partial charge in [-0.1, -0.05) is 43.3 Å². The predicted octanol–water partition coefficient (Wildman–Crippen LogP) is 2.69. The highest BCUT2D eigenvalue weighted by Crippen LogP contribution is 2.35. The Bertz CT molecular complexity index is 485. The summed E-state index contributed by atoms with van der Waals surface area (Å²) in [6.45, 7) is 2.51. The standard InChI is InChI=1S/C16H22N2OS/c17-16(20)10-18(13-5-1-2-6-13)9-12-11-19-15-8-4-3-7-14(12)15/h3-4,7-8,12-13H,1-2,5-6,9-11H2,(H2,17,20). The number of nitrogens with two attached hydrogens (primary N) is 1. The topological polar surface area (TPSA) is 38.5 Å². The summed E-state index contributed by atoms with van der Waals surface area (Å²) in [5, 5.41) is 0. The Morgan fingerprint density at radius 2 is 2.05 bits per heavy atom. The van der Waals surface area contributed by atoms with Crippen LogP contribution in [-0.4, -0.2) is 35.6 Å². The van der Waals surface area contributed by atoms with E-state index >= 15 is 0 Å². The van der Waals surface area contributed by atoms with Gasteiger partial charge in [-0.05, 0) is 18.9 Å². The Balaban J connectivity index is 1.71. The van der Waals surface area contributed by atoms with E-state index in [9.17, 15) is 0 Å². The molecule has 1 aliphatic heterocycles. The number of ether oxygens (including phenoxy) is 1. The van der Waals surface area contributed by atoms with E-state index in [0.717, 1.165) is 25.4 Å². The highest BCUT2D eigenvalue weighted by Gasteiger charge is 2.30. The van der Waals surface area contributed by atoms with Crippen molar-refractivity contribution in [1.29, 1.82) is 0 Å². The second-order valence-electron chi connectivity index (χ2n) is 5.88. The average molecular weight is 290 g/mol. The van der Waals surface area contributed by atoms with Crippen LogP contribution in [0.15, 0.2) is 24.3 Å². The molecule has 0 amide bonds. The molecule has 2 N–H and O–H groups in total. The summed E-state index contributed by atoms with van der Waals surface area (Å²) in [4.78, 5) is 3.08. The van der Waals surface area contributed by atoms with E-state index < -0.39 is 0 Å². The molecule has 1 heterocycles. The van der Waals surface area contributed by atoms with Gasteiger partial charge in [-0.2, -0.15) is 0 Å². The first kappa shape index (κ1) is 13.8. The van der Waals surface area contributed by atoms with Crippen molar-refractivity contribution in [2.45, 2.75) is 37.6 Å². The van der Waals surface area contributed by atoms with E-state index in [-0.39, 0.29) is 0 Å². The minimum atomic E-state index is 0.446. The van der Waals surface area contributed by atoms with Crippen LogP contribution < -0.4 is 10.5 Å². The molecule has 0 bridgehead atoms. The minimum Gasteiger partial charge on any atom is -0.493 e. The summed E-state index contributed by atoms with van der Waals surface area (Å²) in [5.41, 5.74) is 7.12. The fourth-order valence-electron chi connectivity index (χ4n) is 3.48. The molecule has 0 radical (unpaired) electrons. The van der Waals surface area contributed by atoms with Gasteiger partial charge in [-0.25, -0.2) is 0 Å². The van der Waals surface area contributed by atoms with Gasteiger partial charge >= 0.3 is 0 Å². The lowest BCUT2D eigenvalue weighted by Gasteiger charge is -2.30. The lowest BCUT2D eigenvalue weighted by atomic mass is 9.99. The van der Waals surface area contributed by atoms with Gasteiger partial charge in [0.2, 0.25) is 0 Å². The second kappa shape index (κ2) is 6.10. The first-order valence-corrected chi connectivity index (χ1v) is 7.89. The Hall–Kier alpha value is -1.13. The molecule has 108 valence electrons. The Kier molecular flexibility index (Phi) is 4.22. The summed E-state index contributed by atoms with van der Waals surface area (Å²) in [6.07, 6.45) is 5.21. The van der Waals surface area contributed by atoms with Crippen molar-refractivity contribution in [3.8, 4) is 5.75 Å². The van der Waals surface area contributed by atoms with Gasteiger partial charge in [0, 0.05) is 30.6 Å². The number of hydrogen-bond donors (Lipinski definition) is 1. The average Bonchev–Trinajstić information content (AvgIpc) is 3.07. The predicted molar refractivity (Wildman–Crippen MR) is 85.3 cm³/mol. The molecule has 1 aromatic rings. The third-order valence-electron chi connectivity index (χ3n) is 4.45. The largest absolute Gasteiger partial charge is 0.493 e. The van der Waals surface area contributed by atoms with E-state index in [1.54, 1.807) is 0 Å². The lowest BCUT2D eigenvalue weighted by Crippen LogP contribution is -2.42. The summed E-state index contributed by atoms with van der Waals surface area (Å²) in [6, 6.07) is 9.01. The van der Waals surface area contributed by atoms with Crippen LogP contribution in [0.1, 0.15) is 37.2 Å². The SMILES string of the molecule is NC(=S)CN(CC1COc2ccccc21)C1CCCC1. The lowest BCUT2D eigenvalue weighted by molar-refractivity contribution is 0.199.